The third-order valence-corrected chi connectivity index (χ3v) is 3.91. The quantitative estimate of drug-likeness (QED) is 0.941. The van der Waals surface area contributed by atoms with Gasteiger partial charge in [-0.15, -0.1) is 0 Å². The summed E-state index contributed by atoms with van der Waals surface area (Å²) >= 11 is 0. The molecule has 0 fully saturated rings. The van der Waals surface area contributed by atoms with Crippen LogP contribution in [0.2, 0.25) is 0 Å². The summed E-state index contributed by atoms with van der Waals surface area (Å²) in [4.78, 5) is 14.2. The van der Waals surface area contributed by atoms with Crippen molar-refractivity contribution < 1.29 is 9.53 Å². The molecule has 0 bridgehead atoms. The van der Waals surface area contributed by atoms with Crippen molar-refractivity contribution in [3.8, 4) is 5.75 Å². The molecule has 0 saturated carbocycles. The number of hydrogen-bond acceptors (Lipinski definition) is 3. The minimum absolute atomic E-state index is 0.0841. The number of amides is 1. The van der Waals surface area contributed by atoms with Crippen molar-refractivity contribution in [1.29, 1.82) is 0 Å². The summed E-state index contributed by atoms with van der Waals surface area (Å²) in [5, 5.41) is 2.67. The summed E-state index contributed by atoms with van der Waals surface area (Å²) in [6.45, 7) is 1.43. The molecule has 2 aromatic rings. The van der Waals surface area contributed by atoms with E-state index in [0.29, 0.717) is 6.54 Å². The van der Waals surface area contributed by atoms with Crippen LogP contribution in [0.15, 0.2) is 54.6 Å². The van der Waals surface area contributed by atoms with Crippen molar-refractivity contribution in [2.24, 2.45) is 0 Å². The highest BCUT2D eigenvalue weighted by molar-refractivity contribution is 5.83. The van der Waals surface area contributed by atoms with Gasteiger partial charge in [-0.2, -0.15) is 0 Å². The second-order valence-corrected chi connectivity index (χ2v) is 5.37. The highest BCUT2D eigenvalue weighted by atomic mass is 16.5. The Morgan fingerprint density at radius 1 is 1.18 bits per heavy atom. The Bertz CT molecular complexity index is 643. The van der Waals surface area contributed by atoms with Gasteiger partial charge in [-0.3, -0.25) is 4.79 Å². The molecule has 4 heteroatoms. The van der Waals surface area contributed by atoms with Gasteiger partial charge in [0.2, 0.25) is 0 Å². The normalized spacial score (nSPS) is 16.6. The lowest BCUT2D eigenvalue weighted by molar-refractivity contribution is -0.127. The third-order valence-electron chi connectivity index (χ3n) is 3.91. The average molecular weight is 296 g/mol. The van der Waals surface area contributed by atoms with E-state index in [1.165, 1.54) is 5.56 Å². The minimum atomic E-state index is -0.462. The van der Waals surface area contributed by atoms with E-state index in [1.807, 2.05) is 30.3 Å². The fourth-order valence-corrected chi connectivity index (χ4v) is 2.73. The van der Waals surface area contributed by atoms with E-state index in [1.54, 1.807) is 7.05 Å². The van der Waals surface area contributed by atoms with E-state index >= 15 is 0 Å². The Kier molecular flexibility index (Phi) is 4.28. The van der Waals surface area contributed by atoms with Crippen LogP contribution in [0, 0.1) is 0 Å². The molecule has 1 amide bonds. The van der Waals surface area contributed by atoms with Crippen LogP contribution in [0.1, 0.15) is 5.56 Å². The van der Waals surface area contributed by atoms with Gasteiger partial charge < -0.3 is 15.0 Å². The van der Waals surface area contributed by atoms with Gasteiger partial charge in [-0.25, -0.2) is 0 Å². The Labute approximate surface area is 130 Å². The summed E-state index contributed by atoms with van der Waals surface area (Å²) in [6, 6.07) is 18.3. The summed E-state index contributed by atoms with van der Waals surface area (Å²) in [5.41, 5.74) is 2.35. The lowest BCUT2D eigenvalue weighted by atomic mass is 10.1. The number of carbonyl (C=O) groups excluding carboxylic acids is 1. The molecule has 22 heavy (non-hydrogen) atoms. The van der Waals surface area contributed by atoms with Crippen LogP contribution >= 0.6 is 0 Å². The second-order valence-electron chi connectivity index (χ2n) is 5.37. The minimum Gasteiger partial charge on any atom is -0.477 e. The van der Waals surface area contributed by atoms with Crippen LogP contribution in [0.4, 0.5) is 5.69 Å². The number of para-hydroxylation sites is 2. The van der Waals surface area contributed by atoms with Crippen LogP contribution in [-0.4, -0.2) is 32.1 Å². The number of likely N-dealkylation sites (N-methyl/N-ethyl adjacent to an activating group) is 1. The van der Waals surface area contributed by atoms with Gasteiger partial charge in [-0.05, 0) is 24.1 Å². The molecular formula is C18H20N2O2. The van der Waals surface area contributed by atoms with Gasteiger partial charge >= 0.3 is 0 Å². The largest absolute Gasteiger partial charge is 0.477 e. The predicted molar refractivity (Wildman–Crippen MR) is 87.3 cm³/mol. The first-order valence-corrected chi connectivity index (χ1v) is 7.54. The van der Waals surface area contributed by atoms with Crippen molar-refractivity contribution in [3.63, 3.8) is 0 Å². The Morgan fingerprint density at radius 3 is 2.68 bits per heavy atom. The number of fused-ring (bicyclic) bond motifs is 1. The molecule has 0 unspecified atom stereocenters. The van der Waals surface area contributed by atoms with Crippen molar-refractivity contribution in [2.75, 3.05) is 25.0 Å². The number of ether oxygens (including phenoxy) is 1. The van der Waals surface area contributed by atoms with Crippen LogP contribution in [-0.2, 0) is 11.2 Å². The lowest BCUT2D eigenvalue weighted by Gasteiger charge is -2.35. The molecule has 0 spiro atoms. The fourth-order valence-electron chi connectivity index (χ4n) is 2.73. The SMILES string of the molecule is CNC(=O)[C@H]1CN(CCc2ccccc2)c2ccccc2O1. The Balaban J connectivity index is 1.78. The maximum Gasteiger partial charge on any atom is 0.262 e. The number of hydrogen-bond donors (Lipinski definition) is 1. The van der Waals surface area contributed by atoms with Crippen molar-refractivity contribution in [3.05, 3.63) is 60.2 Å². The molecule has 0 saturated heterocycles. The summed E-state index contributed by atoms with van der Waals surface area (Å²) in [5.74, 6) is 0.689. The molecule has 1 N–H and O–H groups in total. The van der Waals surface area contributed by atoms with Gasteiger partial charge in [0, 0.05) is 13.6 Å². The fraction of sp³-hybridized carbons (Fsp3) is 0.278. The van der Waals surface area contributed by atoms with Gasteiger partial charge in [0.05, 0.1) is 12.2 Å². The van der Waals surface area contributed by atoms with Crippen LogP contribution in [0.25, 0.3) is 0 Å². The molecule has 1 aliphatic rings. The van der Waals surface area contributed by atoms with Gasteiger partial charge in [0.25, 0.3) is 5.91 Å². The number of rotatable bonds is 4. The number of carbonyl (C=O) groups is 1. The van der Waals surface area contributed by atoms with Gasteiger partial charge in [0.1, 0.15) is 5.75 Å². The van der Waals surface area contributed by atoms with Gasteiger partial charge in [-0.1, -0.05) is 42.5 Å². The predicted octanol–water partition coefficient (Wildman–Crippen LogP) is 2.24. The second kappa shape index (κ2) is 6.52. The molecule has 1 heterocycles. The van der Waals surface area contributed by atoms with Crippen LogP contribution < -0.4 is 15.0 Å². The molecule has 114 valence electrons. The monoisotopic (exact) mass is 296 g/mol. The standard InChI is InChI=1S/C18H20N2O2/c1-19-18(21)17-13-20(12-11-14-7-3-2-4-8-14)15-9-5-6-10-16(15)22-17/h2-10,17H,11-13H2,1H3,(H,19,21)/t17-/m1/s1. The number of nitrogens with zero attached hydrogens (tertiary/aromatic N) is 1. The van der Waals surface area contributed by atoms with Crippen molar-refractivity contribution in [2.45, 2.75) is 12.5 Å². The molecule has 1 aliphatic heterocycles. The average Bonchev–Trinajstić information content (AvgIpc) is 2.59. The van der Waals surface area contributed by atoms with Gasteiger partial charge in [0.15, 0.2) is 6.10 Å². The Hall–Kier alpha value is -2.49. The molecule has 2 aromatic carbocycles. The topological polar surface area (TPSA) is 41.6 Å². The van der Waals surface area contributed by atoms with E-state index in [0.717, 1.165) is 24.4 Å². The molecule has 0 radical (unpaired) electrons. The first-order chi connectivity index (χ1) is 10.8. The zero-order valence-corrected chi connectivity index (χ0v) is 12.7. The Morgan fingerprint density at radius 2 is 1.91 bits per heavy atom. The van der Waals surface area contributed by atoms with E-state index in [9.17, 15) is 4.79 Å². The number of anilines is 1. The lowest BCUT2D eigenvalue weighted by Crippen LogP contribution is -2.48. The molecule has 0 aliphatic carbocycles. The van der Waals surface area contributed by atoms with Crippen LogP contribution in [0.5, 0.6) is 5.75 Å². The smallest absolute Gasteiger partial charge is 0.262 e. The molecular weight excluding hydrogens is 276 g/mol. The van der Waals surface area contributed by atoms with E-state index < -0.39 is 6.10 Å². The number of nitrogens with one attached hydrogen (secondary N) is 1. The van der Waals surface area contributed by atoms with E-state index in [2.05, 4.69) is 34.5 Å². The summed E-state index contributed by atoms with van der Waals surface area (Å²) in [6.07, 6.45) is 0.478. The maximum atomic E-state index is 11.9. The molecule has 1 atom stereocenters. The molecule has 0 aromatic heterocycles. The molecule has 4 nitrogen and oxygen atoms in total. The zero-order chi connectivity index (χ0) is 15.4. The first-order valence-electron chi connectivity index (χ1n) is 7.54. The summed E-state index contributed by atoms with van der Waals surface area (Å²) in [7, 11) is 1.64. The van der Waals surface area contributed by atoms with Crippen LogP contribution in [0.3, 0.4) is 0 Å². The van der Waals surface area contributed by atoms with Crippen molar-refractivity contribution in [1.82, 2.24) is 5.32 Å². The van der Waals surface area contributed by atoms with Crippen molar-refractivity contribution >= 4 is 11.6 Å². The maximum absolute atomic E-state index is 11.9. The van der Waals surface area contributed by atoms with E-state index in [4.69, 9.17) is 4.74 Å². The van der Waals surface area contributed by atoms with E-state index in [-0.39, 0.29) is 5.91 Å². The molecule has 3 rings (SSSR count). The zero-order valence-electron chi connectivity index (χ0n) is 12.7. The summed E-state index contributed by atoms with van der Waals surface area (Å²) < 4.78 is 5.81. The highest BCUT2D eigenvalue weighted by Crippen LogP contribution is 2.33. The highest BCUT2D eigenvalue weighted by Gasteiger charge is 2.29. The number of benzene rings is 2. The third kappa shape index (κ3) is 3.06. The first kappa shape index (κ1) is 14.4.